The van der Waals surface area contributed by atoms with Crippen LogP contribution in [0.1, 0.15) is 57.2 Å². The number of carbonyl (C=O) groups is 1. The van der Waals surface area contributed by atoms with Crippen molar-refractivity contribution in [3.63, 3.8) is 0 Å². The topological polar surface area (TPSA) is 84.9 Å². The van der Waals surface area contributed by atoms with E-state index in [2.05, 4.69) is 19.2 Å². The minimum absolute atomic E-state index is 0.125. The molecule has 0 aliphatic carbocycles. The molecule has 3 aromatic rings. The zero-order valence-corrected chi connectivity index (χ0v) is 22.7. The molecule has 1 unspecified atom stereocenters. The van der Waals surface area contributed by atoms with E-state index in [4.69, 9.17) is 9.47 Å². The average molecular weight is 523 g/mol. The molecule has 4 rings (SSSR count). The number of ether oxygens (including phenoxy) is 2. The van der Waals surface area contributed by atoms with Crippen LogP contribution in [0.2, 0.25) is 0 Å². The number of fused-ring (bicyclic) bond motifs is 1. The van der Waals surface area contributed by atoms with Crippen LogP contribution in [0.3, 0.4) is 0 Å². The maximum Gasteiger partial charge on any atom is 0.264 e. The lowest BCUT2D eigenvalue weighted by atomic mass is 9.89. The molecule has 0 radical (unpaired) electrons. The van der Waals surface area contributed by atoms with Crippen LogP contribution in [-0.4, -0.2) is 33.6 Å². The average Bonchev–Trinajstić information content (AvgIpc) is 2.86. The molecule has 8 heteroatoms. The summed E-state index contributed by atoms with van der Waals surface area (Å²) in [5.74, 6) is 1.19. The summed E-state index contributed by atoms with van der Waals surface area (Å²) in [6.45, 7) is 7.70. The fraction of sp³-hybridized carbons (Fsp3) is 0.345. The lowest BCUT2D eigenvalue weighted by Gasteiger charge is -2.38. The second-order valence-electron chi connectivity index (χ2n) is 10.2. The molecule has 0 spiro atoms. The Labute approximate surface area is 219 Å². The third-order valence-corrected chi connectivity index (χ3v) is 8.27. The van der Waals surface area contributed by atoms with Gasteiger partial charge in [0.25, 0.3) is 10.0 Å². The van der Waals surface area contributed by atoms with Crippen LogP contribution in [0.25, 0.3) is 0 Å². The molecule has 1 atom stereocenters. The maximum absolute atomic E-state index is 13.7. The van der Waals surface area contributed by atoms with Gasteiger partial charge >= 0.3 is 0 Å². The summed E-state index contributed by atoms with van der Waals surface area (Å²) < 4.78 is 40.0. The lowest BCUT2D eigenvalue weighted by molar-refractivity contribution is -0.120. The standard InChI is InChI=1S/C29H34N2O5S/c1-20(2)21-11-13-22(14-12-21)31(37(33,34)24-9-7-6-8-10-24)19-28(32)30-26-18-29(3,4)36-27-17-23(35-5)15-16-25(26)27/h6-17,20,26H,18-19H2,1-5H3,(H,30,32). The normalized spacial score (nSPS) is 16.4. The number of hydrogen-bond donors (Lipinski definition) is 1. The first-order valence-electron chi connectivity index (χ1n) is 12.3. The van der Waals surface area contributed by atoms with Crippen LogP contribution >= 0.6 is 0 Å². The Kier molecular flexibility index (Phi) is 7.50. The van der Waals surface area contributed by atoms with Gasteiger partial charge in [-0.25, -0.2) is 8.42 Å². The Morgan fingerprint density at radius 2 is 1.76 bits per heavy atom. The van der Waals surface area contributed by atoms with Gasteiger partial charge in [0.05, 0.1) is 23.7 Å². The van der Waals surface area contributed by atoms with Crippen molar-refractivity contribution in [2.24, 2.45) is 0 Å². The number of rotatable bonds is 8. The SMILES string of the molecule is COc1ccc2c(c1)OC(C)(C)CC2NC(=O)CN(c1ccc(C(C)C)cc1)S(=O)(=O)c1ccccc1. The van der Waals surface area contributed by atoms with Gasteiger partial charge in [-0.05, 0) is 61.7 Å². The smallest absolute Gasteiger partial charge is 0.264 e. The quantitative estimate of drug-likeness (QED) is 0.426. The highest BCUT2D eigenvalue weighted by Crippen LogP contribution is 2.41. The zero-order valence-electron chi connectivity index (χ0n) is 21.9. The first kappa shape index (κ1) is 26.5. The highest BCUT2D eigenvalue weighted by Gasteiger charge is 2.36. The second-order valence-corrected chi connectivity index (χ2v) is 12.0. The number of methoxy groups -OCH3 is 1. The Bertz CT molecular complexity index is 1350. The van der Waals surface area contributed by atoms with Gasteiger partial charge in [-0.3, -0.25) is 9.10 Å². The molecule has 1 aliphatic rings. The molecule has 1 heterocycles. The first-order valence-corrected chi connectivity index (χ1v) is 13.8. The molecule has 0 saturated carbocycles. The Balaban J connectivity index is 1.64. The number of carbonyl (C=O) groups excluding carboxylic acids is 1. The van der Waals surface area contributed by atoms with Gasteiger partial charge in [0.2, 0.25) is 5.91 Å². The van der Waals surface area contributed by atoms with Crippen LogP contribution in [0.15, 0.2) is 77.7 Å². The van der Waals surface area contributed by atoms with Gasteiger partial charge in [0.15, 0.2) is 0 Å². The van der Waals surface area contributed by atoms with E-state index in [1.54, 1.807) is 43.5 Å². The molecule has 0 aromatic heterocycles. The highest BCUT2D eigenvalue weighted by molar-refractivity contribution is 7.92. The van der Waals surface area contributed by atoms with E-state index in [1.165, 1.54) is 16.4 Å². The van der Waals surface area contributed by atoms with E-state index >= 15 is 0 Å². The van der Waals surface area contributed by atoms with Gasteiger partial charge < -0.3 is 14.8 Å². The van der Waals surface area contributed by atoms with E-state index in [-0.39, 0.29) is 17.5 Å². The van der Waals surface area contributed by atoms with Crippen molar-refractivity contribution in [1.29, 1.82) is 0 Å². The van der Waals surface area contributed by atoms with Gasteiger partial charge in [-0.1, -0.05) is 44.2 Å². The van der Waals surface area contributed by atoms with Crippen molar-refractivity contribution >= 4 is 21.6 Å². The zero-order chi connectivity index (χ0) is 26.8. The predicted molar refractivity (Wildman–Crippen MR) is 145 cm³/mol. The number of hydrogen-bond acceptors (Lipinski definition) is 5. The minimum Gasteiger partial charge on any atom is -0.497 e. The third kappa shape index (κ3) is 5.91. The number of sulfonamides is 1. The second kappa shape index (κ2) is 10.5. The van der Waals surface area contributed by atoms with Crippen molar-refractivity contribution < 1.29 is 22.7 Å². The largest absolute Gasteiger partial charge is 0.497 e. The van der Waals surface area contributed by atoms with Crippen molar-refractivity contribution in [1.82, 2.24) is 5.32 Å². The fourth-order valence-electron chi connectivity index (χ4n) is 4.52. The van der Waals surface area contributed by atoms with E-state index in [0.29, 0.717) is 29.5 Å². The Morgan fingerprint density at radius 1 is 1.08 bits per heavy atom. The summed E-state index contributed by atoms with van der Waals surface area (Å²) in [7, 11) is -2.40. The van der Waals surface area contributed by atoms with E-state index in [0.717, 1.165) is 11.1 Å². The molecule has 37 heavy (non-hydrogen) atoms. The number of amides is 1. The molecule has 0 bridgehead atoms. The van der Waals surface area contributed by atoms with Crippen LogP contribution in [0, 0.1) is 0 Å². The van der Waals surface area contributed by atoms with Crippen molar-refractivity contribution in [3.05, 3.63) is 83.9 Å². The molecule has 196 valence electrons. The van der Waals surface area contributed by atoms with E-state index in [1.807, 2.05) is 38.1 Å². The molecule has 1 aliphatic heterocycles. The summed E-state index contributed by atoms with van der Waals surface area (Å²) >= 11 is 0. The molecule has 3 aromatic carbocycles. The van der Waals surface area contributed by atoms with Crippen molar-refractivity contribution in [2.45, 2.75) is 56.6 Å². The van der Waals surface area contributed by atoms with Crippen molar-refractivity contribution in [2.75, 3.05) is 18.0 Å². The number of nitrogens with one attached hydrogen (secondary N) is 1. The maximum atomic E-state index is 13.7. The summed E-state index contributed by atoms with van der Waals surface area (Å²) in [5, 5.41) is 3.06. The van der Waals surface area contributed by atoms with E-state index in [9.17, 15) is 13.2 Å². The molecule has 1 N–H and O–H groups in total. The Hall–Kier alpha value is -3.52. The number of benzene rings is 3. The van der Waals surface area contributed by atoms with Crippen LogP contribution in [0.5, 0.6) is 11.5 Å². The van der Waals surface area contributed by atoms with Crippen LogP contribution in [0.4, 0.5) is 5.69 Å². The molecular formula is C29H34N2O5S. The van der Waals surface area contributed by atoms with Gasteiger partial charge in [-0.2, -0.15) is 0 Å². The molecule has 0 fully saturated rings. The Morgan fingerprint density at radius 3 is 2.38 bits per heavy atom. The van der Waals surface area contributed by atoms with Gasteiger partial charge in [0, 0.05) is 18.1 Å². The lowest BCUT2D eigenvalue weighted by Crippen LogP contribution is -2.45. The van der Waals surface area contributed by atoms with Crippen LogP contribution < -0.4 is 19.1 Å². The third-order valence-electron chi connectivity index (χ3n) is 6.48. The molecular weight excluding hydrogens is 488 g/mol. The summed E-state index contributed by atoms with van der Waals surface area (Å²) in [6.07, 6.45) is 0.534. The van der Waals surface area contributed by atoms with E-state index < -0.39 is 21.5 Å². The van der Waals surface area contributed by atoms with Gasteiger partial charge in [-0.15, -0.1) is 0 Å². The monoisotopic (exact) mass is 522 g/mol. The summed E-state index contributed by atoms with van der Waals surface area (Å²) in [4.78, 5) is 13.5. The summed E-state index contributed by atoms with van der Waals surface area (Å²) in [5.41, 5.74) is 1.81. The predicted octanol–water partition coefficient (Wildman–Crippen LogP) is 5.43. The van der Waals surface area contributed by atoms with Gasteiger partial charge in [0.1, 0.15) is 23.6 Å². The molecule has 0 saturated heterocycles. The number of anilines is 1. The minimum atomic E-state index is -3.98. The highest BCUT2D eigenvalue weighted by atomic mass is 32.2. The number of nitrogens with zero attached hydrogens (tertiary/aromatic N) is 1. The fourth-order valence-corrected chi connectivity index (χ4v) is 5.96. The van der Waals surface area contributed by atoms with Crippen molar-refractivity contribution in [3.8, 4) is 11.5 Å². The summed E-state index contributed by atoms with van der Waals surface area (Å²) in [6, 6.07) is 20.6. The molecule has 1 amide bonds. The van der Waals surface area contributed by atoms with Crippen LogP contribution in [-0.2, 0) is 14.8 Å². The molecule has 7 nitrogen and oxygen atoms in total. The first-order chi connectivity index (χ1) is 17.5.